The summed E-state index contributed by atoms with van der Waals surface area (Å²) in [6.07, 6.45) is 1.39. The first-order valence-corrected chi connectivity index (χ1v) is 12.6. The first kappa shape index (κ1) is 25.4. The largest absolute Gasteiger partial charge is 0.497 e. The molecule has 9 nitrogen and oxygen atoms in total. The van der Waals surface area contributed by atoms with E-state index in [1.165, 1.54) is 24.2 Å². The predicted molar refractivity (Wildman–Crippen MR) is 138 cm³/mol. The number of thioether (sulfide) groups is 1. The minimum Gasteiger partial charge on any atom is -0.497 e. The van der Waals surface area contributed by atoms with Crippen molar-refractivity contribution in [1.29, 1.82) is 0 Å². The van der Waals surface area contributed by atoms with Crippen LogP contribution in [0.4, 0.5) is 0 Å². The number of amidine groups is 1. The van der Waals surface area contributed by atoms with Crippen molar-refractivity contribution in [3.63, 3.8) is 0 Å². The zero-order chi connectivity index (χ0) is 25.8. The van der Waals surface area contributed by atoms with Crippen LogP contribution in [0.5, 0.6) is 5.75 Å². The molecular formula is C26H28N4O5S. The molecule has 0 bridgehead atoms. The van der Waals surface area contributed by atoms with Crippen molar-refractivity contribution in [2.45, 2.75) is 50.4 Å². The zero-order valence-electron chi connectivity index (χ0n) is 20.3. The van der Waals surface area contributed by atoms with E-state index in [0.29, 0.717) is 11.6 Å². The number of carboxylic acid groups (broad SMARTS) is 1. The van der Waals surface area contributed by atoms with Gasteiger partial charge in [0.2, 0.25) is 5.91 Å². The van der Waals surface area contributed by atoms with Crippen LogP contribution in [0.2, 0.25) is 0 Å². The molecule has 2 amide bonds. The highest BCUT2D eigenvalue weighted by molar-refractivity contribution is 8.15. The fraction of sp³-hybridized carbons (Fsp3) is 0.346. The standard InChI is InChI=1S/C26H28N4O5S/c1-4-16-5-7-18(8-6-16)21-13-20(17-9-11-19(35-3)12-10-17)29-30(21)26-28-24(32)22(36-26)14-23(31)27-15(2)25(33)34/h5-12,15,21-22H,4,13-14H2,1-3H3,(H,27,31)(H,33,34)/t15-,21+,22-/m1/s1. The summed E-state index contributed by atoms with van der Waals surface area (Å²) in [6.45, 7) is 3.48. The van der Waals surface area contributed by atoms with Crippen LogP contribution in [0.15, 0.2) is 58.6 Å². The normalized spacial score (nSPS) is 20.1. The highest BCUT2D eigenvalue weighted by Gasteiger charge is 2.39. The molecule has 188 valence electrons. The van der Waals surface area contributed by atoms with Gasteiger partial charge in [-0.3, -0.25) is 14.4 Å². The maximum absolute atomic E-state index is 12.7. The minimum absolute atomic E-state index is 0.160. The topological polar surface area (TPSA) is 121 Å². The van der Waals surface area contributed by atoms with Crippen molar-refractivity contribution in [3.05, 3.63) is 65.2 Å². The summed E-state index contributed by atoms with van der Waals surface area (Å²) in [5, 5.41) is 17.7. The van der Waals surface area contributed by atoms with E-state index in [0.717, 1.165) is 29.0 Å². The maximum atomic E-state index is 12.7. The molecule has 4 rings (SSSR count). The van der Waals surface area contributed by atoms with E-state index >= 15 is 0 Å². The van der Waals surface area contributed by atoms with Gasteiger partial charge in [0.25, 0.3) is 5.91 Å². The molecule has 0 radical (unpaired) electrons. The predicted octanol–water partition coefficient (Wildman–Crippen LogP) is 3.39. The third-order valence-corrected chi connectivity index (χ3v) is 7.29. The summed E-state index contributed by atoms with van der Waals surface area (Å²) in [6, 6.07) is 14.8. The molecule has 3 atom stereocenters. The van der Waals surface area contributed by atoms with Crippen LogP contribution in [-0.4, -0.2) is 57.2 Å². The highest BCUT2D eigenvalue weighted by atomic mass is 32.2. The van der Waals surface area contributed by atoms with Gasteiger partial charge in [-0.25, -0.2) is 5.01 Å². The molecule has 0 aromatic heterocycles. The summed E-state index contributed by atoms with van der Waals surface area (Å²) in [5.74, 6) is -1.33. The van der Waals surface area contributed by atoms with Gasteiger partial charge in [0, 0.05) is 12.8 Å². The molecule has 0 aliphatic carbocycles. The lowest BCUT2D eigenvalue weighted by Crippen LogP contribution is -2.39. The average Bonchev–Trinajstić information content (AvgIpc) is 3.48. The van der Waals surface area contributed by atoms with Gasteiger partial charge in [-0.05, 0) is 54.3 Å². The van der Waals surface area contributed by atoms with Crippen LogP contribution in [0.25, 0.3) is 0 Å². The van der Waals surface area contributed by atoms with Crippen LogP contribution in [0.3, 0.4) is 0 Å². The number of carbonyl (C=O) groups excluding carboxylic acids is 2. The van der Waals surface area contributed by atoms with Crippen molar-refractivity contribution >= 4 is 40.4 Å². The number of amides is 2. The molecule has 0 fully saturated rings. The molecule has 0 saturated heterocycles. The molecule has 0 spiro atoms. The Morgan fingerprint density at radius 1 is 1.19 bits per heavy atom. The van der Waals surface area contributed by atoms with Crippen molar-refractivity contribution in [1.82, 2.24) is 10.3 Å². The SMILES string of the molecule is CCc1ccc([C@@H]2CC(c3ccc(OC)cc3)=NN2C2=NC(=O)[C@@H](CC(=O)N[C@H](C)C(=O)O)S2)cc1. The highest BCUT2D eigenvalue weighted by Crippen LogP contribution is 2.38. The van der Waals surface area contributed by atoms with E-state index in [9.17, 15) is 14.4 Å². The first-order chi connectivity index (χ1) is 17.3. The number of hydrogen-bond acceptors (Lipinski definition) is 7. The Morgan fingerprint density at radius 3 is 2.50 bits per heavy atom. The molecule has 2 aromatic rings. The number of benzene rings is 2. The second-order valence-corrected chi connectivity index (χ2v) is 9.78. The van der Waals surface area contributed by atoms with Crippen molar-refractivity contribution in [3.8, 4) is 5.75 Å². The number of aliphatic imine (C=N–C) groups is 1. The van der Waals surface area contributed by atoms with Crippen LogP contribution >= 0.6 is 11.8 Å². The van der Waals surface area contributed by atoms with Gasteiger partial charge in [-0.15, -0.1) is 0 Å². The number of rotatable bonds is 8. The summed E-state index contributed by atoms with van der Waals surface area (Å²) >= 11 is 1.18. The molecule has 2 aliphatic rings. The Balaban J connectivity index is 1.56. The molecule has 0 unspecified atom stereocenters. The number of aliphatic carboxylic acids is 1. The van der Waals surface area contributed by atoms with Crippen LogP contribution in [0, 0.1) is 0 Å². The Morgan fingerprint density at radius 2 is 1.89 bits per heavy atom. The van der Waals surface area contributed by atoms with Gasteiger partial charge in [0.15, 0.2) is 5.17 Å². The third kappa shape index (κ3) is 5.59. The number of nitrogens with zero attached hydrogens (tertiary/aromatic N) is 3. The van der Waals surface area contributed by atoms with Gasteiger partial charge < -0.3 is 15.2 Å². The lowest BCUT2D eigenvalue weighted by Gasteiger charge is -2.23. The Kier molecular flexibility index (Phi) is 7.73. The van der Waals surface area contributed by atoms with E-state index in [4.69, 9.17) is 14.9 Å². The van der Waals surface area contributed by atoms with E-state index < -0.39 is 29.1 Å². The number of methoxy groups -OCH3 is 1. The third-order valence-electron chi connectivity index (χ3n) is 6.15. The van der Waals surface area contributed by atoms with Crippen LogP contribution in [-0.2, 0) is 20.8 Å². The van der Waals surface area contributed by atoms with Gasteiger partial charge in [-0.1, -0.05) is 43.0 Å². The van der Waals surface area contributed by atoms with Crippen LogP contribution < -0.4 is 10.1 Å². The van der Waals surface area contributed by atoms with Gasteiger partial charge >= 0.3 is 5.97 Å². The van der Waals surface area contributed by atoms with Gasteiger partial charge in [0.05, 0.1) is 18.9 Å². The molecule has 0 saturated carbocycles. The monoisotopic (exact) mass is 508 g/mol. The first-order valence-electron chi connectivity index (χ1n) is 11.7. The molecular weight excluding hydrogens is 480 g/mol. The molecule has 36 heavy (non-hydrogen) atoms. The number of ether oxygens (including phenoxy) is 1. The minimum atomic E-state index is -1.14. The summed E-state index contributed by atoms with van der Waals surface area (Å²) in [5.41, 5.74) is 4.08. The zero-order valence-corrected chi connectivity index (χ0v) is 21.1. The van der Waals surface area contributed by atoms with Crippen molar-refractivity contribution < 1.29 is 24.2 Å². The van der Waals surface area contributed by atoms with Gasteiger partial charge in [0.1, 0.15) is 17.0 Å². The number of nitrogens with one attached hydrogen (secondary N) is 1. The molecule has 2 aromatic carbocycles. The van der Waals surface area contributed by atoms with E-state index in [1.807, 2.05) is 24.3 Å². The van der Waals surface area contributed by atoms with Crippen molar-refractivity contribution in [2.24, 2.45) is 10.1 Å². The Labute approximate surface area is 213 Å². The second kappa shape index (κ2) is 10.9. The Bertz CT molecular complexity index is 1210. The van der Waals surface area contributed by atoms with E-state index in [1.54, 1.807) is 12.1 Å². The summed E-state index contributed by atoms with van der Waals surface area (Å²) < 4.78 is 5.26. The average molecular weight is 509 g/mol. The second-order valence-electron chi connectivity index (χ2n) is 8.61. The molecule has 10 heteroatoms. The van der Waals surface area contributed by atoms with Crippen molar-refractivity contribution in [2.75, 3.05) is 7.11 Å². The van der Waals surface area contributed by atoms with Gasteiger partial charge in [-0.2, -0.15) is 10.1 Å². The smallest absolute Gasteiger partial charge is 0.325 e. The molecule has 2 aliphatic heterocycles. The van der Waals surface area contributed by atoms with E-state index in [2.05, 4.69) is 41.5 Å². The fourth-order valence-corrected chi connectivity index (χ4v) is 5.08. The lowest BCUT2D eigenvalue weighted by molar-refractivity contribution is -0.141. The van der Waals surface area contributed by atoms with E-state index in [-0.39, 0.29) is 12.5 Å². The number of hydrogen-bond donors (Lipinski definition) is 2. The fourth-order valence-electron chi connectivity index (χ4n) is 4.01. The number of carboxylic acids is 1. The molecule has 2 N–H and O–H groups in total. The quantitative estimate of drug-likeness (QED) is 0.561. The summed E-state index contributed by atoms with van der Waals surface area (Å²) in [4.78, 5) is 40.2. The number of aryl methyl sites for hydroxylation is 1. The maximum Gasteiger partial charge on any atom is 0.325 e. The van der Waals surface area contributed by atoms with Crippen LogP contribution in [0.1, 0.15) is 49.4 Å². The number of carbonyl (C=O) groups is 3. The molecule has 2 heterocycles. The summed E-state index contributed by atoms with van der Waals surface area (Å²) in [7, 11) is 1.62. The number of hydrazone groups is 1. The lowest BCUT2D eigenvalue weighted by atomic mass is 9.97. The Hall–Kier alpha value is -3.66.